The van der Waals surface area contributed by atoms with E-state index in [2.05, 4.69) is 26.1 Å². The van der Waals surface area contributed by atoms with Gasteiger partial charge in [0.1, 0.15) is 4.47 Å². The highest BCUT2D eigenvalue weighted by atomic mass is 79.9. The minimum Gasteiger partial charge on any atom is -0.267 e. The lowest BCUT2D eigenvalue weighted by atomic mass is 10.6. The predicted octanol–water partition coefficient (Wildman–Crippen LogP) is 1.84. The molecule has 0 fully saturated rings. The van der Waals surface area contributed by atoms with Crippen molar-refractivity contribution in [2.45, 2.75) is 0 Å². The average Bonchev–Trinajstić information content (AvgIpc) is 1.93. The van der Waals surface area contributed by atoms with Crippen LogP contribution in [0.15, 0.2) is 9.27 Å². The minimum atomic E-state index is -0.394. The average molecular weight is 244 g/mol. The summed E-state index contributed by atoms with van der Waals surface area (Å²) >= 11 is 13.9. The second kappa shape index (κ2) is 2.90. The molecule has 1 N–H and O–H groups in total. The number of hydrogen-bond acceptors (Lipinski definition) is 2. The maximum absolute atomic E-state index is 10.7. The number of hydrogen-bond donors (Lipinski definition) is 1. The number of rotatable bonds is 0. The van der Waals surface area contributed by atoms with Gasteiger partial charge in [-0.25, -0.2) is 5.10 Å². The topological polar surface area (TPSA) is 45.8 Å². The first-order valence-corrected chi connectivity index (χ1v) is 3.77. The van der Waals surface area contributed by atoms with Crippen molar-refractivity contribution in [1.82, 2.24) is 10.2 Å². The first-order valence-electron chi connectivity index (χ1n) is 2.22. The van der Waals surface area contributed by atoms with Gasteiger partial charge in [-0.2, -0.15) is 5.10 Å². The van der Waals surface area contributed by atoms with Crippen LogP contribution in [0.25, 0.3) is 0 Å². The zero-order valence-electron chi connectivity index (χ0n) is 4.49. The molecule has 0 aliphatic rings. The molecule has 0 unspecified atom stereocenters. The Morgan fingerprint density at radius 1 is 1.50 bits per heavy atom. The fourth-order valence-corrected chi connectivity index (χ4v) is 1.04. The van der Waals surface area contributed by atoms with Crippen LogP contribution in [-0.2, 0) is 0 Å². The number of aromatic amines is 1. The summed E-state index contributed by atoms with van der Waals surface area (Å²) in [6.07, 6.45) is 0. The summed E-state index contributed by atoms with van der Waals surface area (Å²) in [5.41, 5.74) is -0.394. The van der Waals surface area contributed by atoms with Crippen molar-refractivity contribution < 1.29 is 0 Å². The van der Waals surface area contributed by atoms with Gasteiger partial charge in [0.25, 0.3) is 5.56 Å². The van der Waals surface area contributed by atoms with Gasteiger partial charge in [-0.05, 0) is 15.9 Å². The van der Waals surface area contributed by atoms with Crippen LogP contribution in [0.5, 0.6) is 0 Å². The maximum Gasteiger partial charge on any atom is 0.280 e. The van der Waals surface area contributed by atoms with E-state index >= 15 is 0 Å². The van der Waals surface area contributed by atoms with Crippen LogP contribution < -0.4 is 5.56 Å². The van der Waals surface area contributed by atoms with Gasteiger partial charge in [-0.15, -0.1) is 0 Å². The fourth-order valence-electron chi connectivity index (χ4n) is 0.388. The Morgan fingerprint density at radius 2 is 2.10 bits per heavy atom. The molecule has 3 nitrogen and oxygen atoms in total. The predicted molar refractivity (Wildman–Crippen MR) is 42.6 cm³/mol. The Bertz CT molecular complexity index is 311. The third-order valence-corrected chi connectivity index (χ3v) is 2.55. The molecule has 0 saturated heterocycles. The molecule has 0 aliphatic carbocycles. The molecule has 1 aromatic rings. The summed E-state index contributed by atoms with van der Waals surface area (Å²) in [5.74, 6) is 0. The Morgan fingerprint density at radius 3 is 2.60 bits per heavy atom. The van der Waals surface area contributed by atoms with E-state index in [-0.39, 0.29) is 14.6 Å². The van der Waals surface area contributed by atoms with Crippen molar-refractivity contribution in [3.05, 3.63) is 25.0 Å². The molecule has 0 spiro atoms. The van der Waals surface area contributed by atoms with Gasteiger partial charge in [0, 0.05) is 0 Å². The lowest BCUT2D eigenvalue weighted by Gasteiger charge is -1.93. The number of aromatic nitrogens is 2. The first-order chi connectivity index (χ1) is 4.63. The van der Waals surface area contributed by atoms with E-state index in [1.807, 2.05) is 0 Å². The summed E-state index contributed by atoms with van der Waals surface area (Å²) in [5, 5.41) is 5.75. The molecule has 0 aliphatic heterocycles. The standard InChI is InChI=1S/C4HBrCl2N2O/c5-1-2(6)3(7)8-9-4(1)10/h(H,9,10). The Balaban J connectivity index is 3.49. The lowest BCUT2D eigenvalue weighted by molar-refractivity contribution is 0.979. The third kappa shape index (κ3) is 1.33. The number of H-pyrrole nitrogens is 1. The molecule has 54 valence electrons. The smallest absolute Gasteiger partial charge is 0.267 e. The first kappa shape index (κ1) is 8.04. The summed E-state index contributed by atoms with van der Waals surface area (Å²) < 4.78 is 0.203. The van der Waals surface area contributed by atoms with Crippen LogP contribution in [0.1, 0.15) is 0 Å². The van der Waals surface area contributed by atoms with Crippen molar-refractivity contribution in [3.8, 4) is 0 Å². The second-order valence-corrected chi connectivity index (χ2v) is 3.00. The molecule has 1 heterocycles. The zero-order valence-corrected chi connectivity index (χ0v) is 7.59. The molecule has 10 heavy (non-hydrogen) atoms. The van der Waals surface area contributed by atoms with Gasteiger partial charge in [0.15, 0.2) is 5.15 Å². The van der Waals surface area contributed by atoms with E-state index in [0.717, 1.165) is 0 Å². The number of nitrogens with one attached hydrogen (secondary N) is 1. The third-order valence-electron chi connectivity index (χ3n) is 0.829. The summed E-state index contributed by atoms with van der Waals surface area (Å²) in [6.45, 7) is 0. The van der Waals surface area contributed by atoms with Gasteiger partial charge in [-0.3, -0.25) is 4.79 Å². The summed E-state index contributed by atoms with van der Waals surface area (Å²) in [7, 11) is 0. The SMILES string of the molecule is O=c1[nH]nc(Cl)c(Cl)c1Br. The Labute approximate surface area is 74.5 Å². The van der Waals surface area contributed by atoms with E-state index in [0.29, 0.717) is 0 Å². The molecule has 0 saturated carbocycles. The molecule has 0 bridgehead atoms. The van der Waals surface area contributed by atoms with Crippen LogP contribution in [0.2, 0.25) is 10.2 Å². The number of halogens is 3. The van der Waals surface area contributed by atoms with Crippen molar-refractivity contribution in [1.29, 1.82) is 0 Å². The molecule has 0 atom stereocenters. The highest BCUT2D eigenvalue weighted by molar-refractivity contribution is 9.10. The van der Waals surface area contributed by atoms with E-state index in [1.165, 1.54) is 0 Å². The second-order valence-electron chi connectivity index (χ2n) is 1.47. The van der Waals surface area contributed by atoms with Gasteiger partial charge < -0.3 is 0 Å². The van der Waals surface area contributed by atoms with Crippen LogP contribution in [0.3, 0.4) is 0 Å². The van der Waals surface area contributed by atoms with E-state index < -0.39 is 5.56 Å². The quantitative estimate of drug-likeness (QED) is 0.756. The fraction of sp³-hybridized carbons (Fsp3) is 0. The van der Waals surface area contributed by atoms with Gasteiger partial charge in [0.2, 0.25) is 0 Å². The largest absolute Gasteiger partial charge is 0.280 e. The van der Waals surface area contributed by atoms with E-state index in [4.69, 9.17) is 23.2 Å². The maximum atomic E-state index is 10.7. The molecule has 1 rings (SSSR count). The van der Waals surface area contributed by atoms with E-state index in [9.17, 15) is 4.79 Å². The zero-order chi connectivity index (χ0) is 7.72. The van der Waals surface area contributed by atoms with Gasteiger partial charge >= 0.3 is 0 Å². The van der Waals surface area contributed by atoms with Crippen molar-refractivity contribution in [2.24, 2.45) is 0 Å². The minimum absolute atomic E-state index is 0.0770. The monoisotopic (exact) mass is 242 g/mol. The van der Waals surface area contributed by atoms with Crippen molar-refractivity contribution in [3.63, 3.8) is 0 Å². The molecule has 6 heteroatoms. The van der Waals surface area contributed by atoms with Crippen molar-refractivity contribution in [2.75, 3.05) is 0 Å². The van der Waals surface area contributed by atoms with Gasteiger partial charge in [-0.1, -0.05) is 23.2 Å². The summed E-state index contributed by atoms with van der Waals surface area (Å²) in [4.78, 5) is 10.7. The summed E-state index contributed by atoms with van der Waals surface area (Å²) in [6, 6.07) is 0. The lowest BCUT2D eigenvalue weighted by Crippen LogP contribution is -2.08. The molecular weight excluding hydrogens is 243 g/mol. The van der Waals surface area contributed by atoms with Gasteiger partial charge in [0.05, 0.1) is 5.02 Å². The normalized spacial score (nSPS) is 9.90. The highest BCUT2D eigenvalue weighted by Crippen LogP contribution is 2.23. The highest BCUT2D eigenvalue weighted by Gasteiger charge is 2.06. The number of nitrogens with zero attached hydrogens (tertiary/aromatic N) is 1. The molecule has 0 radical (unpaired) electrons. The molecule has 0 amide bonds. The molecule has 0 aromatic carbocycles. The van der Waals surface area contributed by atoms with Crippen LogP contribution >= 0.6 is 39.1 Å². The Kier molecular flexibility index (Phi) is 2.33. The Hall–Kier alpha value is -0.0600. The molecule has 1 aromatic heterocycles. The van der Waals surface area contributed by atoms with E-state index in [1.54, 1.807) is 0 Å². The van der Waals surface area contributed by atoms with Crippen LogP contribution in [-0.4, -0.2) is 10.2 Å². The molecular formula is C4HBrCl2N2O. The van der Waals surface area contributed by atoms with Crippen LogP contribution in [0.4, 0.5) is 0 Å². The van der Waals surface area contributed by atoms with Crippen LogP contribution in [0, 0.1) is 0 Å². The van der Waals surface area contributed by atoms with Crippen molar-refractivity contribution >= 4 is 39.1 Å².